The molecule has 3 aromatic rings. The van der Waals surface area contributed by atoms with Crippen LogP contribution in [0.1, 0.15) is 35.4 Å². The first-order valence-corrected chi connectivity index (χ1v) is 9.70. The number of nitrogens with zero attached hydrogens (tertiary/aromatic N) is 3. The van der Waals surface area contributed by atoms with Crippen LogP contribution < -0.4 is 5.32 Å². The van der Waals surface area contributed by atoms with Gasteiger partial charge in [-0.05, 0) is 59.1 Å². The second kappa shape index (κ2) is 7.60. The van der Waals surface area contributed by atoms with Gasteiger partial charge in [-0.25, -0.2) is 4.39 Å². The number of rotatable bonds is 3. The largest absolute Gasteiger partial charge is 0.322 e. The standard InChI is InChI=1S/C20H18BrFN4O/c21-17-9-8-14(22)12-16(17)20(27)23-15-6-4-5-13(11-15)19-25-24-18-7-2-1-3-10-26(18)19/h4-6,8-9,11-12H,1-3,7,10H2,(H,23,27). The molecule has 0 saturated carbocycles. The van der Waals surface area contributed by atoms with Crippen molar-refractivity contribution in [1.29, 1.82) is 0 Å². The Kier molecular flexibility index (Phi) is 5.03. The summed E-state index contributed by atoms with van der Waals surface area (Å²) in [4.78, 5) is 12.5. The van der Waals surface area contributed by atoms with E-state index in [-0.39, 0.29) is 11.5 Å². The summed E-state index contributed by atoms with van der Waals surface area (Å²) in [7, 11) is 0. The SMILES string of the molecule is O=C(Nc1cccc(-c2nnc3n2CCCCC3)c1)c1cc(F)ccc1Br. The van der Waals surface area contributed by atoms with Gasteiger partial charge in [0.25, 0.3) is 5.91 Å². The van der Waals surface area contributed by atoms with Crippen LogP contribution >= 0.6 is 15.9 Å². The Labute approximate surface area is 164 Å². The van der Waals surface area contributed by atoms with Gasteiger partial charge in [0, 0.05) is 28.7 Å². The van der Waals surface area contributed by atoms with Gasteiger partial charge in [-0.1, -0.05) is 18.6 Å². The van der Waals surface area contributed by atoms with Gasteiger partial charge >= 0.3 is 0 Å². The predicted octanol–water partition coefficient (Wildman–Crippen LogP) is 4.83. The maximum Gasteiger partial charge on any atom is 0.256 e. The average Bonchev–Trinajstić information content (AvgIpc) is 2.92. The van der Waals surface area contributed by atoms with Crippen molar-refractivity contribution in [2.24, 2.45) is 0 Å². The number of hydrogen-bond donors (Lipinski definition) is 1. The fourth-order valence-corrected chi connectivity index (χ4v) is 3.73. The summed E-state index contributed by atoms with van der Waals surface area (Å²) >= 11 is 3.29. The number of aryl methyl sites for hydroxylation is 1. The number of carbonyl (C=O) groups excluding carboxylic acids is 1. The van der Waals surface area contributed by atoms with E-state index < -0.39 is 5.82 Å². The molecule has 1 aromatic heterocycles. The zero-order valence-corrected chi connectivity index (χ0v) is 16.2. The number of anilines is 1. The highest BCUT2D eigenvalue weighted by Gasteiger charge is 2.17. The fraction of sp³-hybridized carbons (Fsp3) is 0.250. The molecule has 27 heavy (non-hydrogen) atoms. The number of aromatic nitrogens is 3. The molecule has 0 atom stereocenters. The fourth-order valence-electron chi connectivity index (χ4n) is 3.30. The summed E-state index contributed by atoms with van der Waals surface area (Å²) in [5, 5.41) is 11.5. The van der Waals surface area contributed by atoms with E-state index in [1.807, 2.05) is 18.2 Å². The third-order valence-corrected chi connectivity index (χ3v) is 5.35. The number of halogens is 2. The van der Waals surface area contributed by atoms with Crippen molar-refractivity contribution in [2.75, 3.05) is 5.32 Å². The normalized spacial score (nSPS) is 13.7. The number of carbonyl (C=O) groups is 1. The van der Waals surface area contributed by atoms with E-state index in [9.17, 15) is 9.18 Å². The summed E-state index contributed by atoms with van der Waals surface area (Å²) in [5.74, 6) is 0.998. The van der Waals surface area contributed by atoms with E-state index in [4.69, 9.17) is 0 Å². The first-order valence-electron chi connectivity index (χ1n) is 8.91. The Hall–Kier alpha value is -2.54. The van der Waals surface area contributed by atoms with Crippen LogP contribution in [0, 0.1) is 5.82 Å². The van der Waals surface area contributed by atoms with Crippen molar-refractivity contribution in [2.45, 2.75) is 32.2 Å². The van der Waals surface area contributed by atoms with Gasteiger partial charge in [-0.15, -0.1) is 10.2 Å². The zero-order chi connectivity index (χ0) is 18.8. The van der Waals surface area contributed by atoms with Crippen LogP contribution in [0.4, 0.5) is 10.1 Å². The highest BCUT2D eigenvalue weighted by Crippen LogP contribution is 2.26. The molecule has 0 radical (unpaired) electrons. The molecule has 0 fully saturated rings. The molecule has 5 nitrogen and oxygen atoms in total. The van der Waals surface area contributed by atoms with Gasteiger partial charge in [0.2, 0.25) is 0 Å². The molecular formula is C20H18BrFN4O. The highest BCUT2D eigenvalue weighted by molar-refractivity contribution is 9.10. The van der Waals surface area contributed by atoms with E-state index in [0.717, 1.165) is 43.0 Å². The Morgan fingerprint density at radius 2 is 2.00 bits per heavy atom. The molecule has 2 aromatic carbocycles. The van der Waals surface area contributed by atoms with E-state index in [1.165, 1.54) is 24.6 Å². The molecule has 2 heterocycles. The number of amides is 1. The van der Waals surface area contributed by atoms with Gasteiger partial charge in [0.15, 0.2) is 5.82 Å². The summed E-state index contributed by atoms with van der Waals surface area (Å²) in [6.07, 6.45) is 4.39. The van der Waals surface area contributed by atoms with E-state index in [2.05, 4.69) is 36.0 Å². The van der Waals surface area contributed by atoms with Crippen LogP contribution in [0.3, 0.4) is 0 Å². The molecule has 1 aliphatic rings. The molecular weight excluding hydrogens is 411 g/mol. The van der Waals surface area contributed by atoms with Crippen LogP contribution in [-0.2, 0) is 13.0 Å². The van der Waals surface area contributed by atoms with E-state index in [1.54, 1.807) is 6.07 Å². The van der Waals surface area contributed by atoms with Crippen LogP contribution in [-0.4, -0.2) is 20.7 Å². The summed E-state index contributed by atoms with van der Waals surface area (Å²) in [6, 6.07) is 11.5. The third kappa shape index (κ3) is 3.78. The quantitative estimate of drug-likeness (QED) is 0.649. The minimum Gasteiger partial charge on any atom is -0.322 e. The lowest BCUT2D eigenvalue weighted by Crippen LogP contribution is -2.13. The van der Waals surface area contributed by atoms with Crippen LogP contribution in [0.2, 0.25) is 0 Å². The van der Waals surface area contributed by atoms with Crippen LogP contribution in [0.15, 0.2) is 46.9 Å². The minimum absolute atomic E-state index is 0.247. The van der Waals surface area contributed by atoms with Crippen molar-refractivity contribution in [1.82, 2.24) is 14.8 Å². The first kappa shape index (κ1) is 17.9. The van der Waals surface area contributed by atoms with Crippen molar-refractivity contribution in [3.8, 4) is 11.4 Å². The van der Waals surface area contributed by atoms with Gasteiger partial charge in [0.1, 0.15) is 11.6 Å². The Bertz CT molecular complexity index is 1000. The Balaban J connectivity index is 1.61. The van der Waals surface area contributed by atoms with Crippen LogP contribution in [0.25, 0.3) is 11.4 Å². The van der Waals surface area contributed by atoms with E-state index >= 15 is 0 Å². The summed E-state index contributed by atoms with van der Waals surface area (Å²) in [6.45, 7) is 0.907. The van der Waals surface area contributed by atoms with Gasteiger partial charge in [-0.3, -0.25) is 4.79 Å². The van der Waals surface area contributed by atoms with Gasteiger partial charge < -0.3 is 9.88 Å². The van der Waals surface area contributed by atoms with Crippen molar-refractivity contribution in [3.63, 3.8) is 0 Å². The Morgan fingerprint density at radius 3 is 2.89 bits per heavy atom. The molecule has 0 saturated heterocycles. The molecule has 0 aliphatic carbocycles. The molecule has 1 N–H and O–H groups in total. The average molecular weight is 429 g/mol. The maximum absolute atomic E-state index is 13.5. The zero-order valence-electron chi connectivity index (χ0n) is 14.6. The van der Waals surface area contributed by atoms with Crippen molar-refractivity contribution < 1.29 is 9.18 Å². The molecule has 0 spiro atoms. The third-order valence-electron chi connectivity index (χ3n) is 4.66. The molecule has 0 unspecified atom stereocenters. The summed E-state index contributed by atoms with van der Waals surface area (Å²) < 4.78 is 16.2. The maximum atomic E-state index is 13.5. The lowest BCUT2D eigenvalue weighted by Gasteiger charge is -2.10. The predicted molar refractivity (Wildman–Crippen MR) is 105 cm³/mol. The highest BCUT2D eigenvalue weighted by atomic mass is 79.9. The number of nitrogens with one attached hydrogen (secondary N) is 1. The summed E-state index contributed by atoms with van der Waals surface area (Å²) in [5.41, 5.74) is 1.77. The van der Waals surface area contributed by atoms with E-state index in [0.29, 0.717) is 10.2 Å². The van der Waals surface area contributed by atoms with Crippen LogP contribution in [0.5, 0.6) is 0 Å². The Morgan fingerprint density at radius 1 is 1.11 bits per heavy atom. The van der Waals surface area contributed by atoms with Crippen molar-refractivity contribution >= 4 is 27.5 Å². The molecule has 4 rings (SSSR count). The lowest BCUT2D eigenvalue weighted by molar-refractivity contribution is 0.102. The lowest BCUT2D eigenvalue weighted by atomic mass is 10.1. The topological polar surface area (TPSA) is 59.8 Å². The number of benzene rings is 2. The molecule has 138 valence electrons. The number of hydrogen-bond acceptors (Lipinski definition) is 3. The molecule has 1 amide bonds. The second-order valence-electron chi connectivity index (χ2n) is 6.56. The smallest absolute Gasteiger partial charge is 0.256 e. The first-order chi connectivity index (χ1) is 13.1. The molecule has 0 bridgehead atoms. The van der Waals surface area contributed by atoms with Gasteiger partial charge in [-0.2, -0.15) is 0 Å². The molecule has 7 heteroatoms. The van der Waals surface area contributed by atoms with Crippen molar-refractivity contribution in [3.05, 3.63) is 64.1 Å². The second-order valence-corrected chi connectivity index (χ2v) is 7.42. The minimum atomic E-state index is -0.455. The monoisotopic (exact) mass is 428 g/mol. The number of fused-ring (bicyclic) bond motifs is 1. The van der Waals surface area contributed by atoms with Gasteiger partial charge in [0.05, 0.1) is 5.56 Å². The molecule has 1 aliphatic heterocycles.